The lowest BCUT2D eigenvalue weighted by atomic mass is 9.97. The van der Waals surface area contributed by atoms with Gasteiger partial charge in [0.05, 0.1) is 6.61 Å². The quantitative estimate of drug-likeness (QED) is 0.148. The van der Waals surface area contributed by atoms with E-state index in [9.17, 15) is 39.5 Å². The number of aliphatic hydroxyl groups is 5. The topological polar surface area (TPSA) is 252 Å². The summed E-state index contributed by atoms with van der Waals surface area (Å²) in [7, 11) is -10.0. The predicted molar refractivity (Wildman–Crippen MR) is 71.0 cm³/mol. The molecular weight excluding hydrogens is 382 g/mol. The Morgan fingerprint density at radius 3 is 1.67 bits per heavy atom. The molecule has 0 bridgehead atoms. The molecule has 0 aromatic carbocycles. The Bertz CT molecular complexity index is 497. The summed E-state index contributed by atoms with van der Waals surface area (Å²) < 4.78 is 28.4. The smallest absolute Gasteiger partial charge is 0.388 e. The van der Waals surface area contributed by atoms with Crippen molar-refractivity contribution in [3.63, 3.8) is 0 Å². The largest absolute Gasteiger partial charge is 0.470 e. The van der Waals surface area contributed by atoms with E-state index >= 15 is 0 Å². The van der Waals surface area contributed by atoms with E-state index in [4.69, 9.17) is 19.6 Å². The fourth-order valence-electron chi connectivity index (χ4n) is 1.31. The van der Waals surface area contributed by atoms with Gasteiger partial charge in [-0.2, -0.15) is 0 Å². The number of rotatable bonds is 11. The van der Waals surface area contributed by atoms with Crippen molar-refractivity contribution >= 4 is 21.4 Å². The number of carbonyl (C=O) groups excluding carboxylic acids is 1. The molecule has 0 aliphatic rings. The molecule has 0 saturated heterocycles. The molecule has 0 aromatic rings. The van der Waals surface area contributed by atoms with Crippen LogP contribution in [0.3, 0.4) is 0 Å². The Labute approximate surface area is 134 Å². The fourth-order valence-corrected chi connectivity index (χ4v) is 1.95. The Hall–Kier alpha value is -0.310. The Morgan fingerprint density at radius 1 is 0.792 bits per heavy atom. The van der Waals surface area contributed by atoms with Crippen LogP contribution in [0, 0.1) is 0 Å². The molecule has 144 valence electrons. The third kappa shape index (κ3) is 9.25. The molecule has 5 atom stereocenters. The molecule has 0 fully saturated rings. The van der Waals surface area contributed by atoms with Gasteiger partial charge in [-0.1, -0.05) is 0 Å². The summed E-state index contributed by atoms with van der Waals surface area (Å²) in [5.41, 5.74) is 0. The van der Waals surface area contributed by atoms with E-state index in [1.165, 1.54) is 0 Å². The molecule has 0 aromatic heterocycles. The minimum absolute atomic E-state index is 1.15. The van der Waals surface area contributed by atoms with Gasteiger partial charge in [0, 0.05) is 0 Å². The van der Waals surface area contributed by atoms with Crippen molar-refractivity contribution in [1.82, 2.24) is 0 Å². The third-order valence-electron chi connectivity index (χ3n) is 2.54. The number of Topliss-reactive ketones (excluding diaryl/α,β-unsaturated/α-hetero) is 1. The normalized spacial score (nSPS) is 19.4. The van der Waals surface area contributed by atoms with Crippen LogP contribution in [-0.4, -0.2) is 94.6 Å². The maximum atomic E-state index is 11.3. The van der Waals surface area contributed by atoms with Gasteiger partial charge < -0.3 is 45.1 Å². The lowest BCUT2D eigenvalue weighted by Gasteiger charge is -2.28. The molecule has 0 saturated carbocycles. The van der Waals surface area contributed by atoms with E-state index in [2.05, 4.69) is 9.05 Å². The van der Waals surface area contributed by atoms with Crippen LogP contribution in [0.25, 0.3) is 0 Å². The van der Waals surface area contributed by atoms with Crippen LogP contribution in [0.4, 0.5) is 0 Å². The van der Waals surface area contributed by atoms with Crippen LogP contribution in [-0.2, 0) is 23.0 Å². The maximum Gasteiger partial charge on any atom is 0.470 e. The van der Waals surface area contributed by atoms with Crippen LogP contribution in [0.15, 0.2) is 0 Å². The molecule has 0 amide bonds. The number of aliphatic hydroxyl groups excluding tert-OH is 5. The summed E-state index contributed by atoms with van der Waals surface area (Å²) in [6.45, 7) is -2.48. The second-order valence-corrected chi connectivity index (χ2v) is 6.98. The molecule has 0 aliphatic carbocycles. The number of phosphoric ester groups is 2. The molecule has 16 heteroatoms. The van der Waals surface area contributed by atoms with Crippen molar-refractivity contribution in [3.05, 3.63) is 0 Å². The third-order valence-corrected chi connectivity index (χ3v) is 3.49. The molecule has 0 radical (unpaired) electrons. The van der Waals surface area contributed by atoms with Gasteiger partial charge in [-0.15, -0.1) is 0 Å². The van der Waals surface area contributed by atoms with E-state index in [-0.39, 0.29) is 0 Å². The number of hydrogen-bond donors (Lipinski definition) is 9. The first-order chi connectivity index (χ1) is 10.7. The molecular formula is C8H18O14P2. The molecule has 0 aliphatic heterocycles. The zero-order valence-corrected chi connectivity index (χ0v) is 13.6. The van der Waals surface area contributed by atoms with Crippen LogP contribution in [0.2, 0.25) is 0 Å². The van der Waals surface area contributed by atoms with Crippen LogP contribution < -0.4 is 0 Å². The van der Waals surface area contributed by atoms with Crippen molar-refractivity contribution in [3.8, 4) is 0 Å². The van der Waals surface area contributed by atoms with Crippen molar-refractivity contribution in [2.24, 2.45) is 0 Å². The average Bonchev–Trinajstić information content (AvgIpc) is 2.45. The summed E-state index contributed by atoms with van der Waals surface area (Å²) >= 11 is 0. The molecule has 9 N–H and O–H groups in total. The average molecular weight is 400 g/mol. The zero-order valence-electron chi connectivity index (χ0n) is 11.8. The van der Waals surface area contributed by atoms with Gasteiger partial charge in [-0.3, -0.25) is 13.8 Å². The van der Waals surface area contributed by atoms with Gasteiger partial charge in [0.15, 0.2) is 5.78 Å². The monoisotopic (exact) mass is 400 g/mol. The predicted octanol–water partition coefficient (Wildman–Crippen LogP) is -4.42. The van der Waals surface area contributed by atoms with Gasteiger partial charge in [-0.05, 0) is 0 Å². The SMILES string of the molecule is O=C(COP(=O)(O)O)[C@@H](O)[C@H](O)[C@@H](O)[C@H](O)[C@H](O)COP(=O)(O)O. The number of phosphoric acid groups is 2. The van der Waals surface area contributed by atoms with E-state index < -0.39 is 65.2 Å². The molecule has 0 rings (SSSR count). The highest BCUT2D eigenvalue weighted by Gasteiger charge is 2.38. The van der Waals surface area contributed by atoms with Crippen molar-refractivity contribution in [2.75, 3.05) is 13.2 Å². The van der Waals surface area contributed by atoms with Crippen molar-refractivity contribution in [2.45, 2.75) is 30.5 Å². The minimum Gasteiger partial charge on any atom is -0.388 e. The van der Waals surface area contributed by atoms with Gasteiger partial charge >= 0.3 is 15.6 Å². The van der Waals surface area contributed by atoms with Gasteiger partial charge in [0.1, 0.15) is 37.1 Å². The van der Waals surface area contributed by atoms with E-state index in [1.807, 2.05) is 0 Å². The summed E-state index contributed by atoms with van der Waals surface area (Å²) in [5, 5.41) is 47.2. The minimum atomic E-state index is -5.03. The fraction of sp³-hybridized carbons (Fsp3) is 0.875. The van der Waals surface area contributed by atoms with Gasteiger partial charge in [-0.25, -0.2) is 9.13 Å². The lowest BCUT2D eigenvalue weighted by Crippen LogP contribution is -2.52. The summed E-state index contributed by atoms with van der Waals surface area (Å²) in [4.78, 5) is 44.9. The second-order valence-electron chi connectivity index (χ2n) is 4.50. The zero-order chi connectivity index (χ0) is 19.3. The highest BCUT2D eigenvalue weighted by Crippen LogP contribution is 2.36. The summed E-state index contributed by atoms with van der Waals surface area (Å²) in [6.07, 6.45) is -11.7. The van der Waals surface area contributed by atoms with Gasteiger partial charge in [0.2, 0.25) is 0 Å². The molecule has 0 heterocycles. The number of hydrogen-bond acceptors (Lipinski definition) is 10. The van der Waals surface area contributed by atoms with Crippen molar-refractivity contribution < 1.29 is 68.1 Å². The van der Waals surface area contributed by atoms with Gasteiger partial charge in [0.25, 0.3) is 0 Å². The molecule has 0 spiro atoms. The second kappa shape index (κ2) is 9.40. The van der Waals surface area contributed by atoms with Crippen LogP contribution >= 0.6 is 15.6 Å². The lowest BCUT2D eigenvalue weighted by molar-refractivity contribution is -0.156. The number of ketones is 1. The molecule has 14 nitrogen and oxygen atoms in total. The molecule has 0 unspecified atom stereocenters. The summed E-state index contributed by atoms with van der Waals surface area (Å²) in [5.74, 6) is -1.46. The maximum absolute atomic E-state index is 11.3. The first-order valence-corrected chi connectivity index (χ1v) is 9.05. The summed E-state index contributed by atoms with van der Waals surface area (Å²) in [6, 6.07) is 0. The Balaban J connectivity index is 4.65. The van der Waals surface area contributed by atoms with Crippen LogP contribution in [0.1, 0.15) is 0 Å². The van der Waals surface area contributed by atoms with E-state index in [1.54, 1.807) is 0 Å². The van der Waals surface area contributed by atoms with E-state index in [0.717, 1.165) is 0 Å². The Kier molecular flexibility index (Phi) is 9.28. The van der Waals surface area contributed by atoms with E-state index in [0.29, 0.717) is 0 Å². The van der Waals surface area contributed by atoms with Crippen molar-refractivity contribution in [1.29, 1.82) is 0 Å². The molecule has 24 heavy (non-hydrogen) atoms. The first-order valence-electron chi connectivity index (χ1n) is 5.99. The first kappa shape index (κ1) is 23.7. The van der Waals surface area contributed by atoms with Crippen LogP contribution in [0.5, 0.6) is 0 Å². The highest BCUT2D eigenvalue weighted by atomic mass is 31.2. The standard InChI is InChI=1S/C8H18O14P2/c9-3(1-21-23(15,16)17)5(11)7(13)8(14)6(12)4(10)2-22-24(18,19)20/h3,5-9,11-14H,1-2H2,(H2,15,16,17)(H2,18,19,20)/t3-,5-,6-,7+,8+/m1/s1. The Morgan fingerprint density at radius 2 is 1.25 bits per heavy atom. The number of carbonyl (C=O) groups is 1. The highest BCUT2D eigenvalue weighted by molar-refractivity contribution is 7.46.